The van der Waals surface area contributed by atoms with Crippen LogP contribution in [-0.2, 0) is 11.2 Å². The van der Waals surface area contributed by atoms with E-state index in [-0.39, 0.29) is 17.7 Å². The van der Waals surface area contributed by atoms with E-state index in [2.05, 4.69) is 0 Å². The number of rotatable bonds is 5. The summed E-state index contributed by atoms with van der Waals surface area (Å²) in [5.41, 5.74) is 3.01. The van der Waals surface area contributed by atoms with E-state index in [1.54, 1.807) is 18.2 Å². The Labute approximate surface area is 156 Å². The number of carboxylic acid groups (broad SMARTS) is 1. The molecule has 0 saturated carbocycles. The average molecular weight is 366 g/mol. The Morgan fingerprint density at radius 3 is 2.41 bits per heavy atom. The molecule has 0 unspecified atom stereocenters. The van der Waals surface area contributed by atoms with Crippen LogP contribution >= 0.6 is 0 Å². The maximum absolute atomic E-state index is 12.7. The number of fused-ring (bicyclic) bond motifs is 1. The predicted molar refractivity (Wildman–Crippen MR) is 104 cm³/mol. The molecule has 27 heavy (non-hydrogen) atoms. The molecule has 1 atom stereocenters. The molecule has 5 nitrogen and oxygen atoms in total. The van der Waals surface area contributed by atoms with E-state index in [9.17, 15) is 19.8 Å². The van der Waals surface area contributed by atoms with Crippen molar-refractivity contribution in [2.75, 3.05) is 0 Å². The molecule has 0 aliphatic carbocycles. The zero-order valence-electron chi connectivity index (χ0n) is 15.6. The molecular formula is C22H22O5. The Hall–Kier alpha value is -3.08. The lowest BCUT2D eigenvalue weighted by atomic mass is 9.87. The largest absolute Gasteiger partial charge is 0.507 e. The number of aliphatic carboxylic acids is 1. The summed E-state index contributed by atoms with van der Waals surface area (Å²) in [6.45, 7) is 5.72. The van der Waals surface area contributed by atoms with Crippen LogP contribution in [0.25, 0.3) is 11.0 Å². The molecule has 2 N–H and O–H groups in total. The van der Waals surface area contributed by atoms with Crippen LogP contribution in [0.2, 0.25) is 0 Å². The maximum atomic E-state index is 12.7. The molecule has 2 aromatic carbocycles. The smallest absolute Gasteiger partial charge is 0.343 e. The predicted octanol–water partition coefficient (Wildman–Crippen LogP) is 4.28. The van der Waals surface area contributed by atoms with Gasteiger partial charge in [-0.1, -0.05) is 37.3 Å². The van der Waals surface area contributed by atoms with Crippen molar-refractivity contribution in [3.63, 3.8) is 0 Å². The molecule has 0 radical (unpaired) electrons. The standard InChI is InChI=1S/C22H22O5/c1-4-14-5-7-15(8-6-14)16(11-18(23)24)20-21(25)19-13(3)9-12(2)10-17(19)27-22(20)26/h5-10,16,25H,4,11H2,1-3H3,(H,23,24)/t16-/m1/s1. The normalized spacial score (nSPS) is 12.3. The van der Waals surface area contributed by atoms with Crippen molar-refractivity contribution >= 4 is 16.9 Å². The van der Waals surface area contributed by atoms with Crippen LogP contribution in [-0.4, -0.2) is 16.2 Å². The molecular weight excluding hydrogens is 344 g/mol. The third kappa shape index (κ3) is 3.58. The summed E-state index contributed by atoms with van der Waals surface area (Å²) in [5, 5.41) is 20.7. The fourth-order valence-corrected chi connectivity index (χ4v) is 3.55. The van der Waals surface area contributed by atoms with E-state index in [4.69, 9.17) is 4.42 Å². The Morgan fingerprint density at radius 2 is 1.81 bits per heavy atom. The van der Waals surface area contributed by atoms with E-state index in [0.29, 0.717) is 16.5 Å². The minimum absolute atomic E-state index is 0.0129. The van der Waals surface area contributed by atoms with Crippen LogP contribution in [0.5, 0.6) is 5.75 Å². The Balaban J connectivity index is 2.26. The topological polar surface area (TPSA) is 87.7 Å². The maximum Gasteiger partial charge on any atom is 0.343 e. The average Bonchev–Trinajstić information content (AvgIpc) is 2.59. The summed E-state index contributed by atoms with van der Waals surface area (Å²) in [5.74, 6) is -2.06. The second-order valence-electron chi connectivity index (χ2n) is 6.85. The highest BCUT2D eigenvalue weighted by atomic mass is 16.4. The monoisotopic (exact) mass is 366 g/mol. The van der Waals surface area contributed by atoms with Crippen molar-refractivity contribution < 1.29 is 19.4 Å². The summed E-state index contributed by atoms with van der Waals surface area (Å²) < 4.78 is 5.46. The molecule has 1 aromatic heterocycles. The highest BCUT2D eigenvalue weighted by Crippen LogP contribution is 2.37. The van der Waals surface area contributed by atoms with Gasteiger partial charge < -0.3 is 14.6 Å². The number of hydrogen-bond donors (Lipinski definition) is 2. The van der Waals surface area contributed by atoms with Gasteiger partial charge in [-0.2, -0.15) is 0 Å². The van der Waals surface area contributed by atoms with Crippen molar-refractivity contribution in [3.05, 3.63) is 74.6 Å². The molecule has 0 aliphatic heterocycles. The lowest BCUT2D eigenvalue weighted by Crippen LogP contribution is -2.17. The third-order valence-electron chi connectivity index (χ3n) is 4.88. The second kappa shape index (κ2) is 7.27. The van der Waals surface area contributed by atoms with E-state index in [1.807, 2.05) is 39.0 Å². The number of hydrogen-bond acceptors (Lipinski definition) is 4. The number of aromatic hydroxyl groups is 1. The molecule has 3 rings (SSSR count). The number of carboxylic acids is 1. The minimum atomic E-state index is -1.06. The summed E-state index contributed by atoms with van der Waals surface area (Å²) in [6.07, 6.45) is 0.534. The van der Waals surface area contributed by atoms with Crippen molar-refractivity contribution in [1.29, 1.82) is 0 Å². The summed E-state index contributed by atoms with van der Waals surface area (Å²) in [4.78, 5) is 24.1. The van der Waals surface area contributed by atoms with Gasteiger partial charge in [-0.15, -0.1) is 0 Å². The van der Waals surface area contributed by atoms with E-state index in [1.165, 1.54) is 0 Å². The second-order valence-corrected chi connectivity index (χ2v) is 6.85. The summed E-state index contributed by atoms with van der Waals surface area (Å²) in [7, 11) is 0. The van der Waals surface area contributed by atoms with Gasteiger partial charge in [-0.25, -0.2) is 4.79 Å². The van der Waals surface area contributed by atoms with Crippen molar-refractivity contribution in [2.45, 2.75) is 39.5 Å². The van der Waals surface area contributed by atoms with Gasteiger partial charge in [0.05, 0.1) is 17.4 Å². The van der Waals surface area contributed by atoms with Crippen LogP contribution in [0, 0.1) is 13.8 Å². The van der Waals surface area contributed by atoms with Gasteiger partial charge in [-0.3, -0.25) is 4.79 Å². The fraction of sp³-hybridized carbons (Fsp3) is 0.273. The van der Waals surface area contributed by atoms with Crippen LogP contribution < -0.4 is 5.63 Å². The summed E-state index contributed by atoms with van der Waals surface area (Å²) in [6, 6.07) is 11.0. The molecule has 0 amide bonds. The molecule has 0 saturated heterocycles. The van der Waals surface area contributed by atoms with E-state index in [0.717, 1.165) is 23.1 Å². The first kappa shape index (κ1) is 18.7. The highest BCUT2D eigenvalue weighted by Gasteiger charge is 2.27. The molecule has 1 heterocycles. The number of carbonyl (C=O) groups is 1. The fourth-order valence-electron chi connectivity index (χ4n) is 3.55. The highest BCUT2D eigenvalue weighted by molar-refractivity contribution is 5.88. The minimum Gasteiger partial charge on any atom is -0.507 e. The Bertz CT molecular complexity index is 1060. The summed E-state index contributed by atoms with van der Waals surface area (Å²) >= 11 is 0. The van der Waals surface area contributed by atoms with Crippen LogP contribution in [0.3, 0.4) is 0 Å². The first-order valence-electron chi connectivity index (χ1n) is 8.89. The Kier molecular flexibility index (Phi) is 5.04. The SMILES string of the molecule is CCc1ccc([C@@H](CC(=O)O)c2c(O)c3c(C)cc(C)cc3oc2=O)cc1. The number of benzene rings is 2. The molecule has 0 spiro atoms. The quantitative estimate of drug-likeness (QED) is 0.658. The van der Waals surface area contributed by atoms with E-state index < -0.39 is 17.5 Å². The Morgan fingerprint density at radius 1 is 1.15 bits per heavy atom. The molecule has 0 bridgehead atoms. The molecule has 3 aromatic rings. The molecule has 0 fully saturated rings. The van der Waals surface area contributed by atoms with Crippen LogP contribution in [0.4, 0.5) is 0 Å². The van der Waals surface area contributed by atoms with Gasteiger partial charge in [0, 0.05) is 5.92 Å². The molecule has 5 heteroatoms. The lowest BCUT2D eigenvalue weighted by molar-refractivity contribution is -0.137. The van der Waals surface area contributed by atoms with Gasteiger partial charge >= 0.3 is 11.6 Å². The van der Waals surface area contributed by atoms with Gasteiger partial charge in [0.25, 0.3) is 0 Å². The molecule has 0 aliphatic rings. The number of aryl methyl sites for hydroxylation is 3. The first-order valence-corrected chi connectivity index (χ1v) is 8.89. The molecule has 140 valence electrons. The van der Waals surface area contributed by atoms with Gasteiger partial charge in [0.15, 0.2) is 0 Å². The van der Waals surface area contributed by atoms with Crippen molar-refractivity contribution in [3.8, 4) is 5.75 Å². The van der Waals surface area contributed by atoms with Crippen molar-refractivity contribution in [1.82, 2.24) is 0 Å². The van der Waals surface area contributed by atoms with E-state index >= 15 is 0 Å². The first-order chi connectivity index (χ1) is 12.8. The van der Waals surface area contributed by atoms with Gasteiger partial charge in [-0.05, 0) is 48.6 Å². The van der Waals surface area contributed by atoms with Crippen LogP contribution in [0.1, 0.15) is 47.1 Å². The third-order valence-corrected chi connectivity index (χ3v) is 4.88. The van der Waals surface area contributed by atoms with Gasteiger partial charge in [0.1, 0.15) is 11.3 Å². The zero-order chi connectivity index (χ0) is 19.7. The van der Waals surface area contributed by atoms with Crippen LogP contribution in [0.15, 0.2) is 45.6 Å². The zero-order valence-corrected chi connectivity index (χ0v) is 15.6. The van der Waals surface area contributed by atoms with Gasteiger partial charge in [0.2, 0.25) is 0 Å². The van der Waals surface area contributed by atoms with Crippen molar-refractivity contribution in [2.24, 2.45) is 0 Å². The lowest BCUT2D eigenvalue weighted by Gasteiger charge is -2.18.